The maximum absolute atomic E-state index is 13.0. The molecule has 2 N–H and O–H groups in total. The molecule has 2 aromatic carbocycles. The summed E-state index contributed by atoms with van der Waals surface area (Å²) in [5.41, 5.74) is 8.48. The van der Waals surface area contributed by atoms with Crippen LogP contribution in [0.15, 0.2) is 42.5 Å². The van der Waals surface area contributed by atoms with Crippen LogP contribution in [0.2, 0.25) is 5.02 Å². The second-order valence-electron chi connectivity index (χ2n) is 3.53. The number of hydrogen-bond acceptors (Lipinski definition) is 1. The number of rotatable bonds is 2. The highest BCUT2D eigenvalue weighted by molar-refractivity contribution is 6.31. The van der Waals surface area contributed by atoms with Crippen LogP contribution in [-0.2, 0) is 6.54 Å². The molecule has 1 nitrogen and oxygen atoms in total. The summed E-state index contributed by atoms with van der Waals surface area (Å²) in [6.45, 7) is 0.518. The lowest BCUT2D eigenvalue weighted by Crippen LogP contribution is -1.95. The minimum atomic E-state index is -0.399. The first kappa shape index (κ1) is 11.1. The van der Waals surface area contributed by atoms with Gasteiger partial charge >= 0.3 is 0 Å². The van der Waals surface area contributed by atoms with Crippen LogP contribution in [0.4, 0.5) is 4.39 Å². The number of benzene rings is 2. The highest BCUT2D eigenvalue weighted by Gasteiger charge is 2.02. The van der Waals surface area contributed by atoms with Gasteiger partial charge in [-0.15, -0.1) is 0 Å². The summed E-state index contributed by atoms with van der Waals surface area (Å²) in [6, 6.07) is 12.5. The molecule has 82 valence electrons. The molecule has 0 unspecified atom stereocenters. The molecule has 0 saturated heterocycles. The number of halogens is 2. The van der Waals surface area contributed by atoms with E-state index in [9.17, 15) is 4.39 Å². The molecule has 0 radical (unpaired) electrons. The Bertz CT molecular complexity index is 494. The first-order valence-corrected chi connectivity index (χ1v) is 5.33. The molecule has 0 aliphatic rings. The Labute approximate surface area is 98.7 Å². The Balaban J connectivity index is 2.38. The van der Waals surface area contributed by atoms with Gasteiger partial charge in [-0.05, 0) is 28.8 Å². The molecular weight excluding hydrogens is 225 g/mol. The van der Waals surface area contributed by atoms with Crippen molar-refractivity contribution < 1.29 is 4.39 Å². The predicted octanol–water partition coefficient (Wildman–Crippen LogP) is 3.60. The smallest absolute Gasteiger partial charge is 0.141 e. The van der Waals surface area contributed by atoms with Crippen LogP contribution < -0.4 is 5.73 Å². The summed E-state index contributed by atoms with van der Waals surface area (Å²) in [6.07, 6.45) is 0. The Kier molecular flexibility index (Phi) is 3.22. The van der Waals surface area contributed by atoms with Gasteiger partial charge in [0.2, 0.25) is 0 Å². The molecule has 0 spiro atoms. The van der Waals surface area contributed by atoms with E-state index in [2.05, 4.69) is 0 Å². The van der Waals surface area contributed by atoms with E-state index in [0.29, 0.717) is 6.54 Å². The number of hydrogen-bond donors (Lipinski definition) is 1. The second-order valence-corrected chi connectivity index (χ2v) is 3.94. The third kappa shape index (κ3) is 2.23. The van der Waals surface area contributed by atoms with Crippen LogP contribution in [-0.4, -0.2) is 0 Å². The van der Waals surface area contributed by atoms with E-state index in [1.807, 2.05) is 24.3 Å². The normalized spacial score (nSPS) is 10.4. The van der Waals surface area contributed by atoms with Gasteiger partial charge in [-0.1, -0.05) is 41.9 Å². The van der Waals surface area contributed by atoms with E-state index >= 15 is 0 Å². The summed E-state index contributed by atoms with van der Waals surface area (Å²) in [7, 11) is 0. The van der Waals surface area contributed by atoms with Gasteiger partial charge in [0.15, 0.2) is 0 Å². The van der Waals surface area contributed by atoms with Gasteiger partial charge in [0.05, 0.1) is 5.02 Å². The molecule has 0 saturated carbocycles. The Morgan fingerprint density at radius 1 is 1.00 bits per heavy atom. The van der Waals surface area contributed by atoms with Gasteiger partial charge in [0.25, 0.3) is 0 Å². The lowest BCUT2D eigenvalue weighted by molar-refractivity contribution is 0.628. The fraction of sp³-hybridized carbons (Fsp3) is 0.0769. The van der Waals surface area contributed by atoms with Crippen LogP contribution in [0, 0.1) is 5.82 Å². The van der Waals surface area contributed by atoms with E-state index in [1.165, 1.54) is 6.07 Å². The minimum Gasteiger partial charge on any atom is -0.326 e. The molecule has 0 aliphatic heterocycles. The van der Waals surface area contributed by atoms with Crippen molar-refractivity contribution in [2.45, 2.75) is 6.54 Å². The molecule has 0 aromatic heterocycles. The van der Waals surface area contributed by atoms with Crippen molar-refractivity contribution in [3.63, 3.8) is 0 Å². The van der Waals surface area contributed by atoms with Crippen molar-refractivity contribution in [3.8, 4) is 11.1 Å². The van der Waals surface area contributed by atoms with Gasteiger partial charge in [-0.25, -0.2) is 4.39 Å². The topological polar surface area (TPSA) is 26.0 Å². The Morgan fingerprint density at radius 3 is 2.19 bits per heavy atom. The van der Waals surface area contributed by atoms with Crippen LogP contribution in [0.3, 0.4) is 0 Å². The first-order chi connectivity index (χ1) is 7.70. The van der Waals surface area contributed by atoms with E-state index < -0.39 is 5.82 Å². The average Bonchev–Trinajstić information content (AvgIpc) is 2.33. The van der Waals surface area contributed by atoms with Crippen molar-refractivity contribution in [2.24, 2.45) is 5.73 Å². The zero-order chi connectivity index (χ0) is 11.5. The lowest BCUT2D eigenvalue weighted by atomic mass is 10.0. The van der Waals surface area contributed by atoms with Crippen LogP contribution in [0.25, 0.3) is 11.1 Å². The zero-order valence-electron chi connectivity index (χ0n) is 8.58. The second kappa shape index (κ2) is 4.64. The highest BCUT2D eigenvalue weighted by Crippen LogP contribution is 2.24. The zero-order valence-corrected chi connectivity index (χ0v) is 9.34. The molecule has 2 rings (SSSR count). The monoisotopic (exact) mass is 235 g/mol. The van der Waals surface area contributed by atoms with E-state index in [0.717, 1.165) is 16.7 Å². The highest BCUT2D eigenvalue weighted by atomic mass is 35.5. The van der Waals surface area contributed by atoms with Crippen molar-refractivity contribution in [1.29, 1.82) is 0 Å². The molecule has 0 atom stereocenters. The predicted molar refractivity (Wildman–Crippen MR) is 64.7 cm³/mol. The SMILES string of the molecule is NCc1ccc(-c2ccc(F)c(Cl)c2)cc1. The fourth-order valence-corrected chi connectivity index (χ4v) is 1.69. The molecule has 16 heavy (non-hydrogen) atoms. The standard InChI is InChI=1S/C13H11ClFN/c14-12-7-11(5-6-13(12)15)10-3-1-9(8-16)2-4-10/h1-7H,8,16H2. The van der Waals surface area contributed by atoms with E-state index in [1.54, 1.807) is 12.1 Å². The average molecular weight is 236 g/mol. The molecule has 0 heterocycles. The van der Waals surface area contributed by atoms with Crippen molar-refractivity contribution >= 4 is 11.6 Å². The third-order valence-corrected chi connectivity index (χ3v) is 2.73. The van der Waals surface area contributed by atoms with E-state index in [4.69, 9.17) is 17.3 Å². The van der Waals surface area contributed by atoms with Crippen molar-refractivity contribution in [1.82, 2.24) is 0 Å². The Hall–Kier alpha value is -1.38. The molecule has 3 heteroatoms. The van der Waals surface area contributed by atoms with Gasteiger partial charge in [0.1, 0.15) is 5.82 Å². The minimum absolute atomic E-state index is 0.139. The molecule has 0 bridgehead atoms. The first-order valence-electron chi connectivity index (χ1n) is 4.95. The molecule has 2 aromatic rings. The van der Waals surface area contributed by atoms with Gasteiger partial charge in [-0.3, -0.25) is 0 Å². The quantitative estimate of drug-likeness (QED) is 0.846. The van der Waals surface area contributed by atoms with E-state index in [-0.39, 0.29) is 5.02 Å². The van der Waals surface area contributed by atoms with Crippen molar-refractivity contribution in [2.75, 3.05) is 0 Å². The third-order valence-electron chi connectivity index (χ3n) is 2.44. The van der Waals surface area contributed by atoms with Crippen LogP contribution >= 0.6 is 11.6 Å². The molecular formula is C13H11ClFN. The summed E-state index contributed by atoms with van der Waals surface area (Å²) < 4.78 is 13.0. The summed E-state index contributed by atoms with van der Waals surface area (Å²) >= 11 is 5.73. The van der Waals surface area contributed by atoms with Gasteiger partial charge in [0, 0.05) is 6.54 Å². The molecule has 0 aliphatic carbocycles. The summed E-state index contributed by atoms with van der Waals surface area (Å²) in [5.74, 6) is -0.399. The van der Waals surface area contributed by atoms with Gasteiger partial charge in [-0.2, -0.15) is 0 Å². The fourth-order valence-electron chi connectivity index (χ4n) is 1.51. The lowest BCUT2D eigenvalue weighted by Gasteiger charge is -2.04. The molecule has 0 fully saturated rings. The summed E-state index contributed by atoms with van der Waals surface area (Å²) in [5, 5.41) is 0.139. The maximum Gasteiger partial charge on any atom is 0.141 e. The van der Waals surface area contributed by atoms with Gasteiger partial charge < -0.3 is 5.73 Å². The Morgan fingerprint density at radius 2 is 1.62 bits per heavy atom. The molecule has 0 amide bonds. The number of nitrogens with two attached hydrogens (primary N) is 1. The summed E-state index contributed by atoms with van der Waals surface area (Å²) in [4.78, 5) is 0. The largest absolute Gasteiger partial charge is 0.326 e. The van der Waals surface area contributed by atoms with Crippen LogP contribution in [0.5, 0.6) is 0 Å². The van der Waals surface area contributed by atoms with Crippen molar-refractivity contribution in [3.05, 3.63) is 58.9 Å². The maximum atomic E-state index is 13.0. The van der Waals surface area contributed by atoms with Crippen LogP contribution in [0.1, 0.15) is 5.56 Å².